The van der Waals surface area contributed by atoms with Gasteiger partial charge in [0.05, 0.1) is 21.5 Å². The number of nitrogens with zero attached hydrogens (tertiary/aromatic N) is 1. The van der Waals surface area contributed by atoms with Gasteiger partial charge in [-0.1, -0.05) is 20.8 Å². The fourth-order valence-electron chi connectivity index (χ4n) is 2.82. The van der Waals surface area contributed by atoms with Crippen LogP contribution in [0.15, 0.2) is 48.5 Å². The normalized spacial score (nSPS) is 10.9. The molecule has 0 fully saturated rings. The van der Waals surface area contributed by atoms with Gasteiger partial charge in [-0.2, -0.15) is 5.26 Å². The van der Waals surface area contributed by atoms with Crippen LogP contribution in [0.4, 0.5) is 10.7 Å². The van der Waals surface area contributed by atoms with Gasteiger partial charge in [0.1, 0.15) is 11.5 Å². The van der Waals surface area contributed by atoms with Crippen molar-refractivity contribution in [1.29, 1.82) is 5.26 Å². The zero-order valence-electron chi connectivity index (χ0n) is 18.7. The first kappa shape index (κ1) is 23.0. The molecule has 0 bridgehead atoms. The SMILES string of the molecule is Cc1cc(Oc2ccc(C#N)cc2)ccc1NC(=O)c1sc(NC(=O)C(C)(C)C)cc1C. The Hall–Kier alpha value is -3.63. The van der Waals surface area contributed by atoms with E-state index < -0.39 is 5.41 Å². The Morgan fingerprint density at radius 2 is 1.59 bits per heavy atom. The molecular formula is C25H25N3O3S. The van der Waals surface area contributed by atoms with Crippen LogP contribution in [0.25, 0.3) is 0 Å². The predicted molar refractivity (Wildman–Crippen MR) is 128 cm³/mol. The molecule has 2 aromatic carbocycles. The molecule has 0 saturated heterocycles. The molecule has 0 spiro atoms. The number of nitrogens with one attached hydrogen (secondary N) is 2. The lowest BCUT2D eigenvalue weighted by molar-refractivity contribution is -0.123. The van der Waals surface area contributed by atoms with Crippen molar-refractivity contribution >= 4 is 33.8 Å². The third-order valence-corrected chi connectivity index (χ3v) is 5.86. The molecule has 7 heteroatoms. The molecule has 0 radical (unpaired) electrons. The summed E-state index contributed by atoms with van der Waals surface area (Å²) in [5, 5.41) is 15.3. The van der Waals surface area contributed by atoms with Crippen LogP contribution in [0.5, 0.6) is 11.5 Å². The zero-order chi connectivity index (χ0) is 23.5. The first-order valence-corrected chi connectivity index (χ1v) is 10.9. The maximum Gasteiger partial charge on any atom is 0.266 e. The monoisotopic (exact) mass is 447 g/mol. The number of amides is 2. The zero-order valence-corrected chi connectivity index (χ0v) is 19.5. The van der Waals surface area contributed by atoms with Gasteiger partial charge in [0, 0.05) is 11.1 Å². The molecule has 32 heavy (non-hydrogen) atoms. The van der Waals surface area contributed by atoms with E-state index in [1.165, 1.54) is 11.3 Å². The molecule has 0 aliphatic rings. The molecule has 0 aliphatic carbocycles. The molecule has 0 saturated carbocycles. The molecule has 164 valence electrons. The maximum atomic E-state index is 12.8. The minimum atomic E-state index is -0.515. The van der Waals surface area contributed by atoms with Gasteiger partial charge in [-0.05, 0) is 73.5 Å². The van der Waals surface area contributed by atoms with Crippen molar-refractivity contribution in [2.24, 2.45) is 5.41 Å². The van der Waals surface area contributed by atoms with Crippen molar-refractivity contribution in [3.05, 3.63) is 70.1 Å². The molecule has 2 N–H and O–H groups in total. The summed E-state index contributed by atoms with van der Waals surface area (Å²) >= 11 is 1.25. The third kappa shape index (κ3) is 5.54. The summed E-state index contributed by atoms with van der Waals surface area (Å²) in [7, 11) is 0. The second kappa shape index (κ2) is 9.25. The fourth-order valence-corrected chi connectivity index (χ4v) is 3.78. The van der Waals surface area contributed by atoms with Crippen molar-refractivity contribution in [2.75, 3.05) is 10.6 Å². The highest BCUT2D eigenvalue weighted by Crippen LogP contribution is 2.31. The van der Waals surface area contributed by atoms with Crippen LogP contribution < -0.4 is 15.4 Å². The topological polar surface area (TPSA) is 91.2 Å². The highest BCUT2D eigenvalue weighted by Gasteiger charge is 2.23. The van der Waals surface area contributed by atoms with Crippen LogP contribution in [-0.4, -0.2) is 11.8 Å². The largest absolute Gasteiger partial charge is 0.457 e. The number of aryl methyl sites for hydroxylation is 2. The van der Waals surface area contributed by atoms with E-state index in [2.05, 4.69) is 16.7 Å². The highest BCUT2D eigenvalue weighted by atomic mass is 32.1. The number of anilines is 2. The van der Waals surface area contributed by atoms with E-state index in [1.807, 2.05) is 46.8 Å². The lowest BCUT2D eigenvalue weighted by Gasteiger charge is -2.16. The minimum absolute atomic E-state index is 0.0978. The van der Waals surface area contributed by atoms with E-state index in [0.29, 0.717) is 32.6 Å². The summed E-state index contributed by atoms with van der Waals surface area (Å²) in [6.07, 6.45) is 0. The van der Waals surface area contributed by atoms with Crippen molar-refractivity contribution in [1.82, 2.24) is 0 Å². The quantitative estimate of drug-likeness (QED) is 0.482. The van der Waals surface area contributed by atoms with E-state index in [-0.39, 0.29) is 11.8 Å². The van der Waals surface area contributed by atoms with Crippen LogP contribution in [0, 0.1) is 30.6 Å². The summed E-state index contributed by atoms with van der Waals surface area (Å²) < 4.78 is 5.83. The molecule has 0 atom stereocenters. The number of rotatable bonds is 5. The van der Waals surface area contributed by atoms with Crippen LogP contribution in [-0.2, 0) is 4.79 Å². The Balaban J connectivity index is 1.70. The summed E-state index contributed by atoms with van der Waals surface area (Å²) in [6, 6.07) is 16.1. The van der Waals surface area contributed by atoms with Crippen molar-refractivity contribution in [2.45, 2.75) is 34.6 Å². The molecule has 3 aromatic rings. The van der Waals surface area contributed by atoms with Crippen molar-refractivity contribution in [3.8, 4) is 17.6 Å². The van der Waals surface area contributed by atoms with Gasteiger partial charge >= 0.3 is 0 Å². The number of hydrogen-bond acceptors (Lipinski definition) is 5. The van der Waals surface area contributed by atoms with Gasteiger partial charge in [-0.15, -0.1) is 11.3 Å². The molecule has 2 amide bonds. The minimum Gasteiger partial charge on any atom is -0.457 e. The van der Waals surface area contributed by atoms with Crippen molar-refractivity contribution < 1.29 is 14.3 Å². The number of thiophene rings is 1. The molecule has 0 aliphatic heterocycles. The Kier molecular flexibility index (Phi) is 6.66. The van der Waals surface area contributed by atoms with Crippen LogP contribution in [0.1, 0.15) is 47.1 Å². The number of nitriles is 1. The number of benzene rings is 2. The van der Waals surface area contributed by atoms with E-state index >= 15 is 0 Å². The Morgan fingerprint density at radius 1 is 0.938 bits per heavy atom. The first-order valence-electron chi connectivity index (χ1n) is 10.1. The van der Waals surface area contributed by atoms with E-state index in [0.717, 1.165) is 11.1 Å². The molecule has 3 rings (SSSR count). The Morgan fingerprint density at radius 3 is 2.19 bits per heavy atom. The standard InChI is InChI=1S/C25H25N3O3S/c1-15-12-19(31-18-8-6-17(14-26)7-9-18)10-11-20(15)27-23(29)22-16(2)13-21(32-22)28-24(30)25(3,4)5/h6-13H,1-5H3,(H,27,29)(H,28,30). The third-order valence-electron chi connectivity index (χ3n) is 4.71. The van der Waals surface area contributed by atoms with Crippen LogP contribution >= 0.6 is 11.3 Å². The van der Waals surface area contributed by atoms with Gasteiger partial charge in [-0.25, -0.2) is 0 Å². The molecular weight excluding hydrogens is 422 g/mol. The van der Waals surface area contributed by atoms with Gasteiger partial charge in [-0.3, -0.25) is 9.59 Å². The predicted octanol–water partition coefficient (Wildman–Crippen LogP) is 6.27. The second-order valence-electron chi connectivity index (χ2n) is 8.50. The van der Waals surface area contributed by atoms with E-state index in [4.69, 9.17) is 10.00 Å². The molecule has 6 nitrogen and oxygen atoms in total. The summed E-state index contributed by atoms with van der Waals surface area (Å²) in [6.45, 7) is 9.26. The first-order chi connectivity index (χ1) is 15.1. The summed E-state index contributed by atoms with van der Waals surface area (Å²) in [5.74, 6) is 0.927. The number of carbonyl (C=O) groups is 2. The number of hydrogen-bond donors (Lipinski definition) is 2. The van der Waals surface area contributed by atoms with Crippen LogP contribution in [0.3, 0.4) is 0 Å². The smallest absolute Gasteiger partial charge is 0.266 e. The van der Waals surface area contributed by atoms with Gasteiger partial charge in [0.25, 0.3) is 5.91 Å². The van der Waals surface area contributed by atoms with Crippen LogP contribution in [0.2, 0.25) is 0 Å². The average Bonchev–Trinajstić information content (AvgIpc) is 3.10. The van der Waals surface area contributed by atoms with Crippen molar-refractivity contribution in [3.63, 3.8) is 0 Å². The number of ether oxygens (including phenoxy) is 1. The highest BCUT2D eigenvalue weighted by molar-refractivity contribution is 7.18. The lowest BCUT2D eigenvalue weighted by atomic mass is 9.96. The van der Waals surface area contributed by atoms with E-state index in [9.17, 15) is 9.59 Å². The summed E-state index contributed by atoms with van der Waals surface area (Å²) in [5.41, 5.74) is 2.38. The molecule has 1 heterocycles. The lowest BCUT2D eigenvalue weighted by Crippen LogP contribution is -2.27. The Bertz CT molecular complexity index is 1200. The molecule has 1 aromatic heterocycles. The maximum absolute atomic E-state index is 12.8. The van der Waals surface area contributed by atoms with E-state index in [1.54, 1.807) is 36.4 Å². The number of carbonyl (C=O) groups excluding carboxylic acids is 2. The van der Waals surface area contributed by atoms with Gasteiger partial charge in [0.15, 0.2) is 0 Å². The molecule has 0 unspecified atom stereocenters. The summed E-state index contributed by atoms with van der Waals surface area (Å²) in [4.78, 5) is 25.6. The average molecular weight is 448 g/mol. The Labute approximate surface area is 191 Å². The van der Waals surface area contributed by atoms with Gasteiger partial charge in [0.2, 0.25) is 5.91 Å². The fraction of sp³-hybridized carbons (Fsp3) is 0.240. The second-order valence-corrected chi connectivity index (χ2v) is 9.55. The van der Waals surface area contributed by atoms with Gasteiger partial charge < -0.3 is 15.4 Å².